The number of ether oxygens (including phenoxy) is 3. The zero-order valence-electron chi connectivity index (χ0n) is 16.6. The van der Waals surface area contributed by atoms with Gasteiger partial charge in [0.1, 0.15) is 0 Å². The van der Waals surface area contributed by atoms with Gasteiger partial charge in [0.2, 0.25) is 5.75 Å². The molecule has 7 nitrogen and oxygen atoms in total. The van der Waals surface area contributed by atoms with Crippen LogP contribution in [0.15, 0.2) is 42.5 Å². The first-order chi connectivity index (χ1) is 14.4. The van der Waals surface area contributed by atoms with E-state index in [1.807, 2.05) is 0 Å². The summed E-state index contributed by atoms with van der Waals surface area (Å²) in [6, 6.07) is 11.1. The van der Waals surface area contributed by atoms with Gasteiger partial charge in [-0.1, -0.05) is 30.4 Å². The summed E-state index contributed by atoms with van der Waals surface area (Å²) in [5, 5.41) is 19.8. The fraction of sp³-hybridized carbons (Fsp3) is 0.130. The first-order valence-corrected chi connectivity index (χ1v) is 8.91. The van der Waals surface area contributed by atoms with Crippen molar-refractivity contribution < 1.29 is 34.0 Å². The molecule has 0 aliphatic heterocycles. The molecule has 0 aromatic heterocycles. The maximum atomic E-state index is 11.7. The third-order valence-electron chi connectivity index (χ3n) is 4.68. The SMILES string of the molecule is COc1cc(/C=C/c2cccc3c(C(=O)O)ccc(C(=O)O)c23)cc(OC)c1OC. The fourth-order valence-electron chi connectivity index (χ4n) is 3.32. The number of carbonyl (C=O) groups is 2. The highest BCUT2D eigenvalue weighted by Crippen LogP contribution is 2.39. The summed E-state index contributed by atoms with van der Waals surface area (Å²) < 4.78 is 16.0. The van der Waals surface area contributed by atoms with Crippen molar-refractivity contribution in [3.63, 3.8) is 0 Å². The van der Waals surface area contributed by atoms with Crippen LogP contribution in [0, 0.1) is 0 Å². The topological polar surface area (TPSA) is 102 Å². The number of carboxylic acid groups (broad SMARTS) is 2. The monoisotopic (exact) mass is 408 g/mol. The van der Waals surface area contributed by atoms with E-state index in [-0.39, 0.29) is 11.1 Å². The van der Waals surface area contributed by atoms with Crippen LogP contribution < -0.4 is 14.2 Å². The van der Waals surface area contributed by atoms with Crippen molar-refractivity contribution in [3.05, 3.63) is 64.7 Å². The highest BCUT2D eigenvalue weighted by Gasteiger charge is 2.17. The van der Waals surface area contributed by atoms with Crippen molar-refractivity contribution in [3.8, 4) is 17.2 Å². The average molecular weight is 408 g/mol. The van der Waals surface area contributed by atoms with Crippen LogP contribution >= 0.6 is 0 Å². The van der Waals surface area contributed by atoms with E-state index in [1.54, 1.807) is 42.5 Å². The molecule has 0 aliphatic carbocycles. The van der Waals surface area contributed by atoms with Crippen molar-refractivity contribution in [1.82, 2.24) is 0 Å². The summed E-state index contributed by atoms with van der Waals surface area (Å²) in [5.41, 5.74) is 1.37. The smallest absolute Gasteiger partial charge is 0.336 e. The largest absolute Gasteiger partial charge is 0.493 e. The molecule has 0 unspecified atom stereocenters. The zero-order chi connectivity index (χ0) is 21.8. The van der Waals surface area contributed by atoms with Crippen LogP contribution in [0.25, 0.3) is 22.9 Å². The summed E-state index contributed by atoms with van der Waals surface area (Å²) in [6.07, 6.45) is 3.49. The first-order valence-electron chi connectivity index (χ1n) is 8.91. The normalized spacial score (nSPS) is 10.9. The minimum atomic E-state index is -1.13. The second-order valence-electron chi connectivity index (χ2n) is 6.33. The van der Waals surface area contributed by atoms with Crippen molar-refractivity contribution >= 4 is 34.9 Å². The number of carboxylic acids is 2. The molecule has 3 aromatic rings. The van der Waals surface area contributed by atoms with Crippen LogP contribution in [0.4, 0.5) is 0 Å². The van der Waals surface area contributed by atoms with Gasteiger partial charge in [0.05, 0.1) is 32.5 Å². The van der Waals surface area contributed by atoms with E-state index >= 15 is 0 Å². The van der Waals surface area contributed by atoms with E-state index in [4.69, 9.17) is 14.2 Å². The van der Waals surface area contributed by atoms with Crippen LogP contribution in [0.1, 0.15) is 31.8 Å². The molecule has 3 rings (SSSR count). The second-order valence-corrected chi connectivity index (χ2v) is 6.33. The van der Waals surface area contributed by atoms with E-state index < -0.39 is 11.9 Å². The van der Waals surface area contributed by atoms with Crippen molar-refractivity contribution in [2.45, 2.75) is 0 Å². The molecule has 3 aromatic carbocycles. The maximum absolute atomic E-state index is 11.7. The number of aromatic carboxylic acids is 2. The predicted molar refractivity (Wildman–Crippen MR) is 113 cm³/mol. The number of methoxy groups -OCH3 is 3. The highest BCUT2D eigenvalue weighted by molar-refractivity contribution is 6.13. The molecule has 0 radical (unpaired) electrons. The lowest BCUT2D eigenvalue weighted by Crippen LogP contribution is -2.04. The zero-order valence-corrected chi connectivity index (χ0v) is 16.6. The van der Waals surface area contributed by atoms with E-state index in [1.165, 1.54) is 33.5 Å². The Morgan fingerprint density at radius 1 is 0.800 bits per heavy atom. The molecule has 0 heterocycles. The van der Waals surface area contributed by atoms with Crippen LogP contribution in [0.2, 0.25) is 0 Å². The molecule has 0 fully saturated rings. The molecule has 30 heavy (non-hydrogen) atoms. The third-order valence-corrected chi connectivity index (χ3v) is 4.68. The maximum Gasteiger partial charge on any atom is 0.336 e. The Bertz CT molecular complexity index is 1140. The molecule has 154 valence electrons. The van der Waals surface area contributed by atoms with Gasteiger partial charge < -0.3 is 24.4 Å². The fourth-order valence-corrected chi connectivity index (χ4v) is 3.32. The van der Waals surface area contributed by atoms with Gasteiger partial charge in [-0.05, 0) is 40.8 Å². The van der Waals surface area contributed by atoms with E-state index in [0.29, 0.717) is 33.6 Å². The molecule has 0 saturated heterocycles. The molecule has 7 heteroatoms. The van der Waals surface area contributed by atoms with Gasteiger partial charge in [-0.2, -0.15) is 0 Å². The minimum absolute atomic E-state index is 0.0279. The summed E-state index contributed by atoms with van der Waals surface area (Å²) in [7, 11) is 4.55. The van der Waals surface area contributed by atoms with Crippen LogP contribution in [0.5, 0.6) is 17.2 Å². The third kappa shape index (κ3) is 3.77. The minimum Gasteiger partial charge on any atom is -0.493 e. The molecule has 2 N–H and O–H groups in total. The second kappa shape index (κ2) is 8.57. The van der Waals surface area contributed by atoms with E-state index in [2.05, 4.69) is 0 Å². The average Bonchev–Trinajstić information content (AvgIpc) is 2.75. The predicted octanol–water partition coefficient (Wildman–Crippen LogP) is 4.43. The number of hydrogen-bond acceptors (Lipinski definition) is 5. The number of hydrogen-bond donors (Lipinski definition) is 2. The van der Waals surface area contributed by atoms with Gasteiger partial charge >= 0.3 is 11.9 Å². The van der Waals surface area contributed by atoms with E-state index in [0.717, 1.165) is 5.56 Å². The highest BCUT2D eigenvalue weighted by atomic mass is 16.5. The molecule has 0 spiro atoms. The molecular formula is C23H20O7. The Kier molecular flexibility index (Phi) is 5.92. The molecular weight excluding hydrogens is 388 g/mol. The van der Waals surface area contributed by atoms with Gasteiger partial charge in [-0.3, -0.25) is 0 Å². The lowest BCUT2D eigenvalue weighted by molar-refractivity contribution is 0.0684. The molecule has 0 amide bonds. The van der Waals surface area contributed by atoms with Crippen molar-refractivity contribution in [2.75, 3.05) is 21.3 Å². The quantitative estimate of drug-likeness (QED) is 0.558. The van der Waals surface area contributed by atoms with Crippen molar-refractivity contribution in [2.24, 2.45) is 0 Å². The number of rotatable bonds is 7. The summed E-state index contributed by atoms with van der Waals surface area (Å²) >= 11 is 0. The summed E-state index contributed by atoms with van der Waals surface area (Å²) in [6.45, 7) is 0. The van der Waals surface area contributed by atoms with Crippen LogP contribution in [-0.4, -0.2) is 43.5 Å². The summed E-state index contributed by atoms with van der Waals surface area (Å²) in [4.78, 5) is 23.3. The Balaban J connectivity index is 2.19. The first kappa shape index (κ1) is 20.7. The summed E-state index contributed by atoms with van der Waals surface area (Å²) in [5.74, 6) is -0.836. The number of fused-ring (bicyclic) bond motifs is 1. The Hall–Kier alpha value is -4.00. The Morgan fingerprint density at radius 3 is 1.93 bits per heavy atom. The number of benzene rings is 3. The Labute approximate surface area is 172 Å². The Morgan fingerprint density at radius 2 is 1.40 bits per heavy atom. The molecule has 0 bridgehead atoms. The van der Waals surface area contributed by atoms with Gasteiger partial charge in [0.25, 0.3) is 0 Å². The lowest BCUT2D eigenvalue weighted by Gasteiger charge is -2.13. The lowest BCUT2D eigenvalue weighted by atomic mass is 9.94. The molecule has 0 aliphatic rings. The molecule has 0 saturated carbocycles. The van der Waals surface area contributed by atoms with Gasteiger partial charge in [-0.15, -0.1) is 0 Å². The van der Waals surface area contributed by atoms with Crippen molar-refractivity contribution in [1.29, 1.82) is 0 Å². The van der Waals surface area contributed by atoms with Gasteiger partial charge in [-0.25, -0.2) is 9.59 Å². The van der Waals surface area contributed by atoms with E-state index in [9.17, 15) is 19.8 Å². The van der Waals surface area contributed by atoms with Crippen LogP contribution in [-0.2, 0) is 0 Å². The van der Waals surface area contributed by atoms with Gasteiger partial charge in [0.15, 0.2) is 11.5 Å². The molecule has 0 atom stereocenters. The van der Waals surface area contributed by atoms with Crippen LogP contribution in [0.3, 0.4) is 0 Å². The standard InChI is InChI=1S/C23H20O7/c1-28-18-11-13(12-19(29-2)21(18)30-3)7-8-14-5-4-6-15-16(22(24)25)9-10-17(20(14)15)23(26)27/h4-12H,1-3H3,(H,24,25)(H,26,27)/b8-7+. The van der Waals surface area contributed by atoms with Gasteiger partial charge in [0, 0.05) is 5.39 Å².